The van der Waals surface area contributed by atoms with Gasteiger partial charge in [-0.05, 0) is 25.8 Å². The lowest BCUT2D eigenvalue weighted by atomic mass is 10.0. The van der Waals surface area contributed by atoms with Crippen LogP contribution in [0.15, 0.2) is 36.4 Å². The first-order valence-electron chi connectivity index (χ1n) is 5.29. The number of rotatable bonds is 5. The fraction of sp³-hybridized carbons (Fsp3) is 0.357. The molecule has 0 saturated heterocycles. The summed E-state index contributed by atoms with van der Waals surface area (Å²) in [7, 11) is 0. The molecule has 1 heteroatoms. The second-order valence-electron chi connectivity index (χ2n) is 4.16. The quantitative estimate of drug-likeness (QED) is 0.668. The van der Waals surface area contributed by atoms with Crippen LogP contribution in [0.2, 0.25) is 0 Å². The molecule has 1 rings (SSSR count). The van der Waals surface area contributed by atoms with Crippen LogP contribution >= 0.6 is 0 Å². The number of hydrogen-bond acceptors (Lipinski definition) is 1. The van der Waals surface area contributed by atoms with Crippen molar-refractivity contribution in [3.8, 4) is 0 Å². The van der Waals surface area contributed by atoms with Gasteiger partial charge in [-0.15, -0.1) is 6.58 Å². The summed E-state index contributed by atoms with van der Waals surface area (Å²) in [4.78, 5) is 11.6. The predicted octanol–water partition coefficient (Wildman–Crippen LogP) is 3.46. The molecular weight excluding hydrogens is 184 g/mol. The molecule has 15 heavy (non-hydrogen) atoms. The molecule has 1 aromatic carbocycles. The minimum absolute atomic E-state index is 0.295. The molecule has 0 aliphatic carbocycles. The van der Waals surface area contributed by atoms with Crippen molar-refractivity contribution in [3.05, 3.63) is 47.5 Å². The zero-order valence-corrected chi connectivity index (χ0v) is 9.55. The molecule has 0 unspecified atom stereocenters. The Morgan fingerprint density at radius 2 is 2.07 bits per heavy atom. The Hall–Kier alpha value is -1.37. The van der Waals surface area contributed by atoms with Gasteiger partial charge in [0, 0.05) is 12.8 Å². The largest absolute Gasteiger partial charge is 0.299 e. The van der Waals surface area contributed by atoms with E-state index in [2.05, 4.69) is 12.6 Å². The van der Waals surface area contributed by atoms with Gasteiger partial charge in [0.15, 0.2) is 0 Å². The van der Waals surface area contributed by atoms with Gasteiger partial charge in [0.2, 0.25) is 0 Å². The fourth-order valence-electron chi connectivity index (χ4n) is 1.49. The lowest BCUT2D eigenvalue weighted by Crippen LogP contribution is -2.02. The van der Waals surface area contributed by atoms with E-state index in [-0.39, 0.29) is 0 Å². The minimum atomic E-state index is 0.295. The topological polar surface area (TPSA) is 17.1 Å². The molecular formula is C14H18O. The molecule has 0 spiro atoms. The molecule has 0 aromatic heterocycles. The second kappa shape index (κ2) is 5.50. The molecule has 0 N–H and O–H groups in total. The standard InChI is InChI=1S/C14H18O/c1-11(2)7-8-14(15)10-13-6-4-5-12(3)9-13/h4-6,9H,1,7-8,10H2,2-3H3. The first-order valence-corrected chi connectivity index (χ1v) is 5.29. The van der Waals surface area contributed by atoms with E-state index in [1.165, 1.54) is 5.56 Å². The highest BCUT2D eigenvalue weighted by atomic mass is 16.1. The SMILES string of the molecule is C=C(C)CCC(=O)Cc1cccc(C)c1. The molecule has 0 bridgehead atoms. The van der Waals surface area contributed by atoms with E-state index < -0.39 is 0 Å². The summed E-state index contributed by atoms with van der Waals surface area (Å²) in [6.07, 6.45) is 1.98. The molecule has 0 saturated carbocycles. The maximum atomic E-state index is 11.6. The van der Waals surface area contributed by atoms with Crippen molar-refractivity contribution < 1.29 is 4.79 Å². The minimum Gasteiger partial charge on any atom is -0.299 e. The number of Topliss-reactive ketones (excluding diaryl/α,β-unsaturated/α-hetero) is 1. The third kappa shape index (κ3) is 4.59. The van der Waals surface area contributed by atoms with E-state index in [1.54, 1.807) is 0 Å². The Morgan fingerprint density at radius 3 is 2.67 bits per heavy atom. The van der Waals surface area contributed by atoms with Gasteiger partial charge in [-0.2, -0.15) is 0 Å². The average Bonchev–Trinajstić information content (AvgIpc) is 2.15. The lowest BCUT2D eigenvalue weighted by molar-refractivity contribution is -0.118. The van der Waals surface area contributed by atoms with Crippen molar-refractivity contribution in [3.63, 3.8) is 0 Å². The predicted molar refractivity (Wildman–Crippen MR) is 63.9 cm³/mol. The van der Waals surface area contributed by atoms with Gasteiger partial charge in [0.1, 0.15) is 5.78 Å². The van der Waals surface area contributed by atoms with E-state index in [4.69, 9.17) is 0 Å². The van der Waals surface area contributed by atoms with Gasteiger partial charge in [0.05, 0.1) is 0 Å². The Labute approximate surface area is 91.8 Å². The third-order valence-corrected chi connectivity index (χ3v) is 2.31. The van der Waals surface area contributed by atoms with Crippen LogP contribution in [-0.4, -0.2) is 5.78 Å². The highest BCUT2D eigenvalue weighted by molar-refractivity contribution is 5.81. The van der Waals surface area contributed by atoms with Gasteiger partial charge >= 0.3 is 0 Å². The van der Waals surface area contributed by atoms with Crippen molar-refractivity contribution >= 4 is 5.78 Å². The molecule has 0 atom stereocenters. The molecule has 0 aliphatic heterocycles. The molecule has 0 aliphatic rings. The van der Waals surface area contributed by atoms with Gasteiger partial charge < -0.3 is 0 Å². The van der Waals surface area contributed by atoms with Crippen molar-refractivity contribution in [2.45, 2.75) is 33.1 Å². The Bertz CT molecular complexity index is 363. The van der Waals surface area contributed by atoms with E-state index in [1.807, 2.05) is 32.0 Å². The zero-order chi connectivity index (χ0) is 11.3. The van der Waals surface area contributed by atoms with Crippen molar-refractivity contribution in [1.82, 2.24) is 0 Å². The number of hydrogen-bond donors (Lipinski definition) is 0. The molecule has 0 fully saturated rings. The van der Waals surface area contributed by atoms with Crippen LogP contribution < -0.4 is 0 Å². The molecule has 1 aromatic rings. The highest BCUT2D eigenvalue weighted by Gasteiger charge is 2.03. The van der Waals surface area contributed by atoms with Crippen molar-refractivity contribution in [2.24, 2.45) is 0 Å². The summed E-state index contributed by atoms with van der Waals surface area (Å²) in [5, 5.41) is 0. The van der Waals surface area contributed by atoms with Gasteiger partial charge in [-0.3, -0.25) is 4.79 Å². The number of carbonyl (C=O) groups excluding carboxylic acids is 1. The maximum absolute atomic E-state index is 11.6. The van der Waals surface area contributed by atoms with Crippen LogP contribution in [0.3, 0.4) is 0 Å². The number of allylic oxidation sites excluding steroid dienone is 1. The van der Waals surface area contributed by atoms with Gasteiger partial charge in [-0.25, -0.2) is 0 Å². The summed E-state index contributed by atoms with van der Waals surface area (Å²) in [5.74, 6) is 0.295. The van der Waals surface area contributed by atoms with E-state index in [9.17, 15) is 4.79 Å². The molecule has 80 valence electrons. The number of carbonyl (C=O) groups is 1. The number of benzene rings is 1. The third-order valence-electron chi connectivity index (χ3n) is 2.31. The van der Waals surface area contributed by atoms with E-state index in [0.29, 0.717) is 18.6 Å². The van der Waals surface area contributed by atoms with Gasteiger partial charge in [0.25, 0.3) is 0 Å². The zero-order valence-electron chi connectivity index (χ0n) is 9.55. The summed E-state index contributed by atoms with van der Waals surface area (Å²) in [5.41, 5.74) is 3.40. The average molecular weight is 202 g/mol. The molecule has 0 radical (unpaired) electrons. The lowest BCUT2D eigenvalue weighted by Gasteiger charge is -2.02. The van der Waals surface area contributed by atoms with Crippen LogP contribution in [-0.2, 0) is 11.2 Å². The summed E-state index contributed by atoms with van der Waals surface area (Å²) >= 11 is 0. The fourth-order valence-corrected chi connectivity index (χ4v) is 1.49. The Kier molecular flexibility index (Phi) is 4.29. The van der Waals surface area contributed by atoms with Crippen LogP contribution in [0.5, 0.6) is 0 Å². The summed E-state index contributed by atoms with van der Waals surface area (Å²) in [6.45, 7) is 7.80. The smallest absolute Gasteiger partial charge is 0.137 e. The Balaban J connectivity index is 2.48. The van der Waals surface area contributed by atoms with Crippen molar-refractivity contribution in [1.29, 1.82) is 0 Å². The Morgan fingerprint density at radius 1 is 1.33 bits per heavy atom. The van der Waals surface area contributed by atoms with Crippen LogP contribution in [0, 0.1) is 6.92 Å². The van der Waals surface area contributed by atoms with E-state index in [0.717, 1.165) is 17.6 Å². The molecule has 0 heterocycles. The first-order chi connectivity index (χ1) is 7.08. The van der Waals surface area contributed by atoms with Gasteiger partial charge in [-0.1, -0.05) is 35.4 Å². The normalized spacial score (nSPS) is 10.0. The van der Waals surface area contributed by atoms with E-state index >= 15 is 0 Å². The maximum Gasteiger partial charge on any atom is 0.137 e. The number of aryl methyl sites for hydroxylation is 1. The number of ketones is 1. The second-order valence-corrected chi connectivity index (χ2v) is 4.16. The van der Waals surface area contributed by atoms with Crippen LogP contribution in [0.1, 0.15) is 30.9 Å². The van der Waals surface area contributed by atoms with Crippen LogP contribution in [0.25, 0.3) is 0 Å². The first kappa shape index (κ1) is 11.7. The molecule has 1 nitrogen and oxygen atoms in total. The monoisotopic (exact) mass is 202 g/mol. The van der Waals surface area contributed by atoms with Crippen molar-refractivity contribution in [2.75, 3.05) is 0 Å². The molecule has 0 amide bonds. The summed E-state index contributed by atoms with van der Waals surface area (Å²) < 4.78 is 0. The highest BCUT2D eigenvalue weighted by Crippen LogP contribution is 2.08. The summed E-state index contributed by atoms with van der Waals surface area (Å²) in [6, 6.07) is 8.11. The van der Waals surface area contributed by atoms with Crippen LogP contribution in [0.4, 0.5) is 0 Å².